The van der Waals surface area contributed by atoms with E-state index in [-0.39, 0.29) is 23.8 Å². The molecule has 142 valence electrons. The predicted molar refractivity (Wildman–Crippen MR) is 97.9 cm³/mol. The van der Waals surface area contributed by atoms with Crippen LogP contribution in [0.25, 0.3) is 0 Å². The number of nitrogens with one attached hydrogen (secondary N) is 2. The first-order valence-electron chi connectivity index (χ1n) is 8.54. The van der Waals surface area contributed by atoms with Crippen LogP contribution in [0.3, 0.4) is 0 Å². The van der Waals surface area contributed by atoms with Gasteiger partial charge in [-0.15, -0.1) is 0 Å². The molecule has 0 radical (unpaired) electrons. The number of amides is 1. The van der Waals surface area contributed by atoms with E-state index in [0.717, 1.165) is 12.8 Å². The number of rotatable bonds is 11. The normalized spacial score (nSPS) is 12.0. The first-order valence-corrected chi connectivity index (χ1v) is 10.0. The maximum Gasteiger partial charge on any atom is 0.240 e. The minimum atomic E-state index is -3.65. The number of ether oxygens (including phenoxy) is 1. The van der Waals surface area contributed by atoms with Crippen molar-refractivity contribution in [3.8, 4) is 5.75 Å². The molecule has 8 heteroatoms. The van der Waals surface area contributed by atoms with Crippen LogP contribution in [-0.4, -0.2) is 39.6 Å². The van der Waals surface area contributed by atoms with Crippen molar-refractivity contribution >= 4 is 15.9 Å². The lowest BCUT2D eigenvalue weighted by molar-refractivity contribution is -0.121. The van der Waals surface area contributed by atoms with Crippen molar-refractivity contribution in [2.45, 2.75) is 50.5 Å². The molecule has 1 rings (SSSR count). The molecular formula is C17H29N3O4S. The molecule has 0 aliphatic carbocycles. The standard InChI is InChI=1S/C17H29N3O4S/c1-4-17(18,5-2)13-19-16(21)11-12-20-25(22,23)15-9-7-14(8-10-15)24-6-3/h7-10,20H,4-6,11-13,18H2,1-3H3,(H,19,21). The van der Waals surface area contributed by atoms with Gasteiger partial charge in [-0.25, -0.2) is 13.1 Å². The van der Waals surface area contributed by atoms with Gasteiger partial charge in [0, 0.05) is 25.0 Å². The van der Waals surface area contributed by atoms with Gasteiger partial charge in [0.25, 0.3) is 0 Å². The number of nitrogens with two attached hydrogens (primary N) is 1. The quantitative estimate of drug-likeness (QED) is 0.544. The maximum atomic E-state index is 12.2. The molecule has 1 amide bonds. The Morgan fingerprint density at radius 1 is 1.16 bits per heavy atom. The van der Waals surface area contributed by atoms with E-state index in [4.69, 9.17) is 10.5 Å². The smallest absolute Gasteiger partial charge is 0.240 e. The molecule has 0 aliphatic rings. The third-order valence-corrected chi connectivity index (χ3v) is 5.61. The zero-order valence-corrected chi connectivity index (χ0v) is 16.0. The molecule has 0 aromatic heterocycles. The summed E-state index contributed by atoms with van der Waals surface area (Å²) in [6, 6.07) is 6.14. The van der Waals surface area contributed by atoms with Gasteiger partial charge in [0.15, 0.2) is 0 Å². The van der Waals surface area contributed by atoms with E-state index in [0.29, 0.717) is 18.9 Å². The van der Waals surface area contributed by atoms with Gasteiger partial charge in [-0.05, 0) is 44.0 Å². The van der Waals surface area contributed by atoms with Gasteiger partial charge < -0.3 is 15.8 Å². The monoisotopic (exact) mass is 371 g/mol. The molecule has 0 unspecified atom stereocenters. The lowest BCUT2D eigenvalue weighted by Crippen LogP contribution is -2.49. The Morgan fingerprint density at radius 2 is 1.76 bits per heavy atom. The highest BCUT2D eigenvalue weighted by molar-refractivity contribution is 7.89. The third kappa shape index (κ3) is 7.01. The lowest BCUT2D eigenvalue weighted by atomic mass is 9.94. The van der Waals surface area contributed by atoms with E-state index in [2.05, 4.69) is 10.0 Å². The van der Waals surface area contributed by atoms with Gasteiger partial charge in [-0.3, -0.25) is 4.79 Å². The highest BCUT2D eigenvalue weighted by Crippen LogP contribution is 2.15. The van der Waals surface area contributed by atoms with Crippen molar-refractivity contribution in [2.24, 2.45) is 5.73 Å². The average Bonchev–Trinajstić information content (AvgIpc) is 2.60. The Kier molecular flexibility index (Phi) is 8.34. The second-order valence-electron chi connectivity index (χ2n) is 5.90. The van der Waals surface area contributed by atoms with Crippen molar-refractivity contribution < 1.29 is 17.9 Å². The van der Waals surface area contributed by atoms with E-state index < -0.39 is 15.6 Å². The molecule has 0 fully saturated rings. The molecule has 1 aromatic carbocycles. The highest BCUT2D eigenvalue weighted by Gasteiger charge is 2.21. The summed E-state index contributed by atoms with van der Waals surface area (Å²) in [5.74, 6) is 0.379. The van der Waals surface area contributed by atoms with Crippen LogP contribution in [0.2, 0.25) is 0 Å². The van der Waals surface area contributed by atoms with Crippen molar-refractivity contribution in [1.82, 2.24) is 10.0 Å². The maximum absolute atomic E-state index is 12.2. The minimum absolute atomic E-state index is 0.0250. The highest BCUT2D eigenvalue weighted by atomic mass is 32.2. The van der Waals surface area contributed by atoms with E-state index in [1.165, 1.54) is 12.1 Å². The van der Waals surface area contributed by atoms with Crippen molar-refractivity contribution in [3.63, 3.8) is 0 Å². The molecule has 1 aromatic rings. The molecule has 4 N–H and O–H groups in total. The summed E-state index contributed by atoms with van der Waals surface area (Å²) in [4.78, 5) is 12.0. The van der Waals surface area contributed by atoms with Gasteiger partial charge in [0.1, 0.15) is 5.75 Å². The molecule has 0 saturated heterocycles. The average molecular weight is 372 g/mol. The van der Waals surface area contributed by atoms with Crippen molar-refractivity contribution in [1.29, 1.82) is 0 Å². The number of hydrogen-bond donors (Lipinski definition) is 3. The van der Waals surface area contributed by atoms with Gasteiger partial charge >= 0.3 is 0 Å². The molecular weight excluding hydrogens is 342 g/mol. The number of carbonyl (C=O) groups is 1. The molecule has 0 bridgehead atoms. The largest absolute Gasteiger partial charge is 0.494 e. The molecule has 0 spiro atoms. The molecule has 0 heterocycles. The molecule has 0 saturated carbocycles. The first-order chi connectivity index (χ1) is 11.8. The summed E-state index contributed by atoms with van der Waals surface area (Å²) >= 11 is 0. The molecule has 7 nitrogen and oxygen atoms in total. The Hall–Kier alpha value is -1.64. The first kappa shape index (κ1) is 21.4. The zero-order chi connectivity index (χ0) is 18.9. The Bertz CT molecular complexity index is 640. The van der Waals surface area contributed by atoms with Crippen LogP contribution >= 0.6 is 0 Å². The summed E-state index contributed by atoms with van der Waals surface area (Å²) in [6.45, 7) is 6.72. The SMILES string of the molecule is CCOc1ccc(S(=O)(=O)NCCC(=O)NCC(N)(CC)CC)cc1. The van der Waals surface area contributed by atoms with Crippen molar-refractivity contribution in [2.75, 3.05) is 19.7 Å². The number of benzene rings is 1. The summed E-state index contributed by atoms with van der Waals surface area (Å²) in [5, 5.41) is 2.76. The van der Waals surface area contributed by atoms with Gasteiger partial charge in [-0.2, -0.15) is 0 Å². The number of carbonyl (C=O) groups excluding carboxylic acids is 1. The number of sulfonamides is 1. The fourth-order valence-corrected chi connectivity index (χ4v) is 3.16. The Labute approximate surface area is 150 Å². The Balaban J connectivity index is 2.47. The predicted octanol–water partition coefficient (Wildman–Crippen LogP) is 1.39. The fourth-order valence-electron chi connectivity index (χ4n) is 2.13. The summed E-state index contributed by atoms with van der Waals surface area (Å²) in [5.41, 5.74) is 5.70. The topological polar surface area (TPSA) is 111 Å². The molecule has 0 aliphatic heterocycles. The van der Waals surface area contributed by atoms with E-state index in [9.17, 15) is 13.2 Å². The fraction of sp³-hybridized carbons (Fsp3) is 0.588. The van der Waals surface area contributed by atoms with Crippen LogP contribution in [-0.2, 0) is 14.8 Å². The lowest BCUT2D eigenvalue weighted by Gasteiger charge is -2.26. The third-order valence-electron chi connectivity index (χ3n) is 4.14. The zero-order valence-electron chi connectivity index (χ0n) is 15.2. The minimum Gasteiger partial charge on any atom is -0.494 e. The summed E-state index contributed by atoms with van der Waals surface area (Å²) in [7, 11) is -3.65. The summed E-state index contributed by atoms with van der Waals surface area (Å²) < 4.78 is 32.1. The van der Waals surface area contributed by atoms with Crippen LogP contribution < -0.4 is 20.5 Å². The van der Waals surface area contributed by atoms with Crippen LogP contribution in [0.1, 0.15) is 40.0 Å². The van der Waals surface area contributed by atoms with E-state index >= 15 is 0 Å². The molecule has 25 heavy (non-hydrogen) atoms. The van der Waals surface area contributed by atoms with Crippen LogP contribution in [0.4, 0.5) is 0 Å². The van der Waals surface area contributed by atoms with Gasteiger partial charge in [0.05, 0.1) is 11.5 Å². The van der Waals surface area contributed by atoms with Crippen LogP contribution in [0, 0.1) is 0 Å². The second kappa shape index (κ2) is 9.74. The molecule has 0 atom stereocenters. The van der Waals surface area contributed by atoms with E-state index in [1.54, 1.807) is 12.1 Å². The van der Waals surface area contributed by atoms with Crippen molar-refractivity contribution in [3.05, 3.63) is 24.3 Å². The van der Waals surface area contributed by atoms with Crippen LogP contribution in [0.5, 0.6) is 5.75 Å². The van der Waals surface area contributed by atoms with Gasteiger partial charge in [0.2, 0.25) is 15.9 Å². The second-order valence-corrected chi connectivity index (χ2v) is 7.67. The van der Waals surface area contributed by atoms with Gasteiger partial charge in [-0.1, -0.05) is 13.8 Å². The number of hydrogen-bond acceptors (Lipinski definition) is 5. The Morgan fingerprint density at radius 3 is 2.28 bits per heavy atom. The van der Waals surface area contributed by atoms with Crippen LogP contribution in [0.15, 0.2) is 29.2 Å². The van der Waals surface area contributed by atoms with E-state index in [1.807, 2.05) is 20.8 Å². The summed E-state index contributed by atoms with van der Waals surface area (Å²) in [6.07, 6.45) is 1.57.